The number of hydrogen-bond donors (Lipinski definition) is 1. The maximum Gasteiger partial charge on any atom is 0.121 e. The number of nitrogens with zero attached hydrogens (tertiary/aromatic N) is 1. The van der Waals surface area contributed by atoms with E-state index in [4.69, 9.17) is 21.6 Å². The normalized spacial score (nSPS) is 9.61. The minimum absolute atomic E-state index is 0.596. The largest absolute Gasteiger partial charge is 0.497 e. The van der Waals surface area contributed by atoms with Gasteiger partial charge in [-0.2, -0.15) is 5.26 Å². The van der Waals surface area contributed by atoms with Crippen molar-refractivity contribution in [3.05, 3.63) is 53.1 Å². The highest BCUT2D eigenvalue weighted by molar-refractivity contribution is 6.33. The van der Waals surface area contributed by atoms with Gasteiger partial charge >= 0.3 is 0 Å². The second-order valence-electron chi connectivity index (χ2n) is 3.66. The van der Waals surface area contributed by atoms with E-state index in [1.807, 2.05) is 12.1 Å². The first kappa shape index (κ1) is 12.3. The fraction of sp³-hybridized carbons (Fsp3) is 0.0714. The average Bonchev–Trinajstić information content (AvgIpc) is 2.41. The molecule has 2 aromatic rings. The number of rotatable bonds is 3. The third-order valence-electron chi connectivity index (χ3n) is 2.44. The summed E-state index contributed by atoms with van der Waals surface area (Å²) in [6.07, 6.45) is 0. The maximum atomic E-state index is 8.84. The van der Waals surface area contributed by atoms with Gasteiger partial charge in [0, 0.05) is 11.8 Å². The first-order chi connectivity index (χ1) is 8.72. The van der Waals surface area contributed by atoms with E-state index in [9.17, 15) is 0 Å². The lowest BCUT2D eigenvalue weighted by Crippen LogP contribution is -1.93. The van der Waals surface area contributed by atoms with Gasteiger partial charge in [-0.1, -0.05) is 17.7 Å². The zero-order valence-electron chi connectivity index (χ0n) is 9.77. The Kier molecular flexibility index (Phi) is 3.71. The molecule has 0 saturated heterocycles. The van der Waals surface area contributed by atoms with Crippen LogP contribution in [0.5, 0.6) is 5.75 Å². The minimum Gasteiger partial charge on any atom is -0.497 e. The minimum atomic E-state index is 0.596. The van der Waals surface area contributed by atoms with Crippen LogP contribution >= 0.6 is 11.6 Å². The van der Waals surface area contributed by atoms with Crippen LogP contribution in [-0.4, -0.2) is 7.11 Å². The first-order valence-corrected chi connectivity index (χ1v) is 5.71. The van der Waals surface area contributed by atoms with Crippen molar-refractivity contribution in [2.24, 2.45) is 0 Å². The maximum absolute atomic E-state index is 8.84. The number of benzene rings is 2. The smallest absolute Gasteiger partial charge is 0.121 e. The molecule has 0 radical (unpaired) electrons. The van der Waals surface area contributed by atoms with Crippen LogP contribution in [0.25, 0.3) is 0 Å². The quantitative estimate of drug-likeness (QED) is 0.906. The molecule has 0 amide bonds. The standard InChI is InChI=1S/C14H11ClN2O/c1-18-12-5-6-13(15)14(8-12)17-11-4-2-3-10(7-11)9-16/h2-8,17H,1H3. The van der Waals surface area contributed by atoms with Crippen molar-refractivity contribution in [1.29, 1.82) is 5.26 Å². The molecule has 0 bridgehead atoms. The van der Waals surface area contributed by atoms with E-state index >= 15 is 0 Å². The summed E-state index contributed by atoms with van der Waals surface area (Å²) in [4.78, 5) is 0. The van der Waals surface area contributed by atoms with Gasteiger partial charge in [-0.05, 0) is 30.3 Å². The van der Waals surface area contributed by atoms with E-state index < -0.39 is 0 Å². The molecule has 2 rings (SSSR count). The Morgan fingerprint density at radius 3 is 2.78 bits per heavy atom. The van der Waals surface area contributed by atoms with Gasteiger partial charge in [0.15, 0.2) is 0 Å². The number of anilines is 2. The van der Waals surface area contributed by atoms with Gasteiger partial charge in [-0.15, -0.1) is 0 Å². The Hall–Kier alpha value is -2.18. The van der Waals surface area contributed by atoms with Crippen molar-refractivity contribution in [3.63, 3.8) is 0 Å². The van der Waals surface area contributed by atoms with E-state index in [0.717, 1.165) is 17.1 Å². The second kappa shape index (κ2) is 5.44. The third-order valence-corrected chi connectivity index (χ3v) is 2.77. The average molecular weight is 259 g/mol. The summed E-state index contributed by atoms with van der Waals surface area (Å²) in [6, 6.07) is 14.6. The van der Waals surface area contributed by atoms with Crippen molar-refractivity contribution in [2.45, 2.75) is 0 Å². The summed E-state index contributed by atoms with van der Waals surface area (Å²) in [6.45, 7) is 0. The first-order valence-electron chi connectivity index (χ1n) is 5.33. The summed E-state index contributed by atoms with van der Waals surface area (Å²) in [7, 11) is 1.60. The van der Waals surface area contributed by atoms with Crippen LogP contribution < -0.4 is 10.1 Å². The molecule has 0 unspecified atom stereocenters. The third kappa shape index (κ3) is 2.73. The SMILES string of the molecule is COc1ccc(Cl)c(Nc2cccc(C#N)c2)c1. The zero-order valence-corrected chi connectivity index (χ0v) is 10.5. The van der Waals surface area contributed by atoms with Gasteiger partial charge < -0.3 is 10.1 Å². The molecule has 1 N–H and O–H groups in total. The molecule has 0 aliphatic heterocycles. The molecule has 0 heterocycles. The number of methoxy groups -OCH3 is 1. The lowest BCUT2D eigenvalue weighted by atomic mass is 10.2. The van der Waals surface area contributed by atoms with Crippen LogP contribution in [-0.2, 0) is 0 Å². The molecule has 3 nitrogen and oxygen atoms in total. The van der Waals surface area contributed by atoms with E-state index in [1.54, 1.807) is 37.4 Å². The molecule has 0 aromatic heterocycles. The Labute approximate surface area is 111 Å². The molecule has 18 heavy (non-hydrogen) atoms. The fourth-order valence-electron chi connectivity index (χ4n) is 1.55. The molecular formula is C14H11ClN2O. The summed E-state index contributed by atoms with van der Waals surface area (Å²) in [5.74, 6) is 0.721. The summed E-state index contributed by atoms with van der Waals surface area (Å²) < 4.78 is 5.14. The highest BCUT2D eigenvalue weighted by Gasteiger charge is 2.03. The molecule has 0 saturated carbocycles. The monoisotopic (exact) mass is 258 g/mol. The number of hydrogen-bond acceptors (Lipinski definition) is 3. The predicted molar refractivity (Wildman–Crippen MR) is 72.4 cm³/mol. The van der Waals surface area contributed by atoms with Crippen molar-refractivity contribution in [2.75, 3.05) is 12.4 Å². The molecular weight excluding hydrogens is 248 g/mol. The fourth-order valence-corrected chi connectivity index (χ4v) is 1.71. The predicted octanol–water partition coefficient (Wildman–Crippen LogP) is 3.96. The molecule has 2 aromatic carbocycles. The van der Waals surface area contributed by atoms with Crippen molar-refractivity contribution in [1.82, 2.24) is 0 Å². The van der Waals surface area contributed by atoms with Crippen molar-refractivity contribution in [3.8, 4) is 11.8 Å². The Morgan fingerprint density at radius 1 is 1.22 bits per heavy atom. The lowest BCUT2D eigenvalue weighted by Gasteiger charge is -2.10. The van der Waals surface area contributed by atoms with E-state index in [-0.39, 0.29) is 0 Å². The van der Waals surface area contributed by atoms with Crippen LogP contribution in [0.15, 0.2) is 42.5 Å². The van der Waals surface area contributed by atoms with Gasteiger partial charge in [-0.3, -0.25) is 0 Å². The van der Waals surface area contributed by atoms with Crippen LogP contribution in [0.3, 0.4) is 0 Å². The molecule has 0 atom stereocenters. The molecule has 0 aliphatic rings. The molecule has 0 spiro atoms. The van der Waals surface area contributed by atoms with Gasteiger partial charge in [0.05, 0.1) is 29.5 Å². The van der Waals surface area contributed by atoms with Crippen LogP contribution in [0, 0.1) is 11.3 Å². The Morgan fingerprint density at radius 2 is 2.06 bits per heavy atom. The van der Waals surface area contributed by atoms with E-state index in [2.05, 4.69) is 11.4 Å². The number of nitriles is 1. The van der Waals surface area contributed by atoms with E-state index in [1.165, 1.54) is 0 Å². The molecule has 4 heteroatoms. The van der Waals surface area contributed by atoms with Gasteiger partial charge in [-0.25, -0.2) is 0 Å². The van der Waals surface area contributed by atoms with Crippen LogP contribution in [0.2, 0.25) is 5.02 Å². The van der Waals surface area contributed by atoms with Crippen LogP contribution in [0.1, 0.15) is 5.56 Å². The highest BCUT2D eigenvalue weighted by atomic mass is 35.5. The zero-order chi connectivity index (χ0) is 13.0. The Balaban J connectivity index is 2.30. The van der Waals surface area contributed by atoms with Gasteiger partial charge in [0.2, 0.25) is 0 Å². The summed E-state index contributed by atoms with van der Waals surface area (Å²) >= 11 is 6.09. The molecule has 0 aliphatic carbocycles. The van der Waals surface area contributed by atoms with Gasteiger partial charge in [0.25, 0.3) is 0 Å². The summed E-state index contributed by atoms with van der Waals surface area (Å²) in [5.41, 5.74) is 2.15. The van der Waals surface area contributed by atoms with Gasteiger partial charge in [0.1, 0.15) is 5.75 Å². The molecule has 90 valence electrons. The lowest BCUT2D eigenvalue weighted by molar-refractivity contribution is 0.415. The van der Waals surface area contributed by atoms with Crippen molar-refractivity contribution < 1.29 is 4.74 Å². The number of nitrogens with one attached hydrogen (secondary N) is 1. The Bertz CT molecular complexity index is 605. The number of halogens is 1. The molecule has 0 fully saturated rings. The topological polar surface area (TPSA) is 45.0 Å². The summed E-state index contributed by atoms with van der Waals surface area (Å²) in [5, 5.41) is 12.6. The second-order valence-corrected chi connectivity index (χ2v) is 4.07. The van der Waals surface area contributed by atoms with Crippen molar-refractivity contribution >= 4 is 23.0 Å². The number of ether oxygens (including phenoxy) is 1. The van der Waals surface area contributed by atoms with Crippen LogP contribution in [0.4, 0.5) is 11.4 Å². The van der Waals surface area contributed by atoms with E-state index in [0.29, 0.717) is 10.6 Å². The highest BCUT2D eigenvalue weighted by Crippen LogP contribution is 2.29.